The fraction of sp³-hybridized carbons (Fsp3) is 0.444. The highest BCUT2D eigenvalue weighted by atomic mass is 19.1. The maximum atomic E-state index is 13.2. The van der Waals surface area contributed by atoms with Crippen LogP contribution in [-0.4, -0.2) is 18.1 Å². The molecule has 2 aliphatic rings. The lowest BCUT2D eigenvalue weighted by Crippen LogP contribution is -2.51. The Morgan fingerprint density at radius 3 is 2.50 bits per heavy atom. The molecule has 1 heterocycles. The number of esters is 1. The lowest BCUT2D eigenvalue weighted by molar-refractivity contribution is -0.155. The molecule has 128 valence electrons. The van der Waals surface area contributed by atoms with Gasteiger partial charge in [-0.25, -0.2) is 9.18 Å². The van der Waals surface area contributed by atoms with Crippen LogP contribution in [0.4, 0.5) is 9.18 Å². The maximum absolute atomic E-state index is 13.2. The molecule has 0 spiro atoms. The van der Waals surface area contributed by atoms with E-state index in [2.05, 4.69) is 17.2 Å². The quantitative estimate of drug-likeness (QED) is 0.836. The Hall–Kier alpha value is -2.37. The van der Waals surface area contributed by atoms with Crippen molar-refractivity contribution in [1.29, 1.82) is 0 Å². The van der Waals surface area contributed by atoms with Crippen molar-refractivity contribution in [2.75, 3.05) is 0 Å². The highest BCUT2D eigenvalue weighted by molar-refractivity contribution is 5.85. The van der Waals surface area contributed by atoms with Gasteiger partial charge < -0.3 is 15.4 Å². The maximum Gasteiger partial charge on any atom is 0.319 e. The summed E-state index contributed by atoms with van der Waals surface area (Å²) in [6.07, 6.45) is 4.93. The molecule has 6 heteroatoms. The van der Waals surface area contributed by atoms with Gasteiger partial charge in [0.15, 0.2) is 0 Å². The highest BCUT2D eigenvalue weighted by Gasteiger charge is 2.39. The monoisotopic (exact) mass is 332 g/mol. The van der Waals surface area contributed by atoms with E-state index in [1.54, 1.807) is 12.1 Å². The second-order valence-electron chi connectivity index (χ2n) is 6.33. The minimum Gasteiger partial charge on any atom is -0.462 e. The summed E-state index contributed by atoms with van der Waals surface area (Å²) in [4.78, 5) is 24.5. The number of carbonyl (C=O) groups is 2. The number of benzene rings is 1. The van der Waals surface area contributed by atoms with Crippen LogP contribution in [0.5, 0.6) is 0 Å². The average Bonchev–Trinajstić information content (AvgIpc) is 2.55. The zero-order valence-electron chi connectivity index (χ0n) is 13.4. The first-order valence-electron chi connectivity index (χ1n) is 8.27. The summed E-state index contributed by atoms with van der Waals surface area (Å²) in [7, 11) is 0. The summed E-state index contributed by atoms with van der Waals surface area (Å²) >= 11 is 0. The van der Waals surface area contributed by atoms with Crippen LogP contribution in [0, 0.1) is 11.7 Å². The van der Waals surface area contributed by atoms with E-state index in [9.17, 15) is 14.0 Å². The van der Waals surface area contributed by atoms with Crippen molar-refractivity contribution in [3.63, 3.8) is 0 Å². The van der Waals surface area contributed by atoms with Crippen molar-refractivity contribution >= 4 is 12.0 Å². The van der Waals surface area contributed by atoms with E-state index in [4.69, 9.17) is 4.74 Å². The van der Waals surface area contributed by atoms with Crippen LogP contribution in [0.1, 0.15) is 43.7 Å². The molecule has 1 aliphatic carbocycles. The van der Waals surface area contributed by atoms with Crippen LogP contribution in [0.2, 0.25) is 0 Å². The van der Waals surface area contributed by atoms with Crippen molar-refractivity contribution in [2.24, 2.45) is 5.92 Å². The second kappa shape index (κ2) is 7.03. The molecule has 5 nitrogen and oxygen atoms in total. The van der Waals surface area contributed by atoms with Gasteiger partial charge in [0, 0.05) is 5.70 Å². The van der Waals surface area contributed by atoms with Crippen molar-refractivity contribution in [3.8, 4) is 0 Å². The SMILES string of the molecule is C=C1NC(=O)NC(c2ccc(F)cc2)C1C(=O)OC1CCCCC1. The van der Waals surface area contributed by atoms with Crippen LogP contribution < -0.4 is 10.6 Å². The molecule has 1 saturated heterocycles. The smallest absolute Gasteiger partial charge is 0.319 e. The topological polar surface area (TPSA) is 67.4 Å². The first kappa shape index (κ1) is 16.5. The third-order valence-electron chi connectivity index (χ3n) is 4.59. The van der Waals surface area contributed by atoms with Crippen molar-refractivity contribution in [3.05, 3.63) is 47.9 Å². The predicted molar refractivity (Wildman–Crippen MR) is 86.4 cm³/mol. The molecule has 1 aromatic rings. The molecule has 24 heavy (non-hydrogen) atoms. The van der Waals surface area contributed by atoms with Gasteiger partial charge in [-0.15, -0.1) is 0 Å². The molecule has 2 atom stereocenters. The molecule has 2 fully saturated rings. The number of hydrogen-bond donors (Lipinski definition) is 2. The Morgan fingerprint density at radius 2 is 1.83 bits per heavy atom. The van der Waals surface area contributed by atoms with Crippen LogP contribution in [0.25, 0.3) is 0 Å². The molecule has 1 saturated carbocycles. The number of ether oxygens (including phenoxy) is 1. The van der Waals surface area contributed by atoms with E-state index in [0.29, 0.717) is 11.3 Å². The van der Waals surface area contributed by atoms with Crippen LogP contribution in [-0.2, 0) is 9.53 Å². The van der Waals surface area contributed by atoms with Crippen LogP contribution in [0.15, 0.2) is 36.5 Å². The number of hydrogen-bond acceptors (Lipinski definition) is 3. The molecule has 1 aromatic carbocycles. The summed E-state index contributed by atoms with van der Waals surface area (Å²) < 4.78 is 18.8. The van der Waals surface area contributed by atoms with E-state index in [0.717, 1.165) is 25.7 Å². The number of nitrogens with one attached hydrogen (secondary N) is 2. The van der Waals surface area contributed by atoms with E-state index < -0.39 is 24.0 Å². The highest BCUT2D eigenvalue weighted by Crippen LogP contribution is 2.32. The zero-order chi connectivity index (χ0) is 17.1. The molecule has 0 aromatic heterocycles. The fourth-order valence-electron chi connectivity index (χ4n) is 3.33. The van der Waals surface area contributed by atoms with Crippen molar-refractivity contribution in [2.45, 2.75) is 44.2 Å². The number of halogens is 1. The molecule has 0 bridgehead atoms. The zero-order valence-corrected chi connectivity index (χ0v) is 13.4. The van der Waals surface area contributed by atoms with Gasteiger partial charge in [-0.2, -0.15) is 0 Å². The lowest BCUT2D eigenvalue weighted by atomic mass is 9.88. The number of amides is 2. The normalized spacial score (nSPS) is 24.9. The predicted octanol–water partition coefficient (Wildman–Crippen LogP) is 3.19. The molecular formula is C18H21FN2O3. The van der Waals surface area contributed by atoms with Gasteiger partial charge in [-0.1, -0.05) is 25.1 Å². The molecular weight excluding hydrogens is 311 g/mol. The first-order chi connectivity index (χ1) is 11.5. The standard InChI is InChI=1S/C18H21FN2O3/c1-11-15(17(22)24-14-5-3-2-4-6-14)16(21-18(23)20-11)12-7-9-13(19)10-8-12/h7-10,14-16H,1-6H2,(H2,20,21,23). The molecule has 2 amide bonds. The van der Waals surface area contributed by atoms with E-state index in [-0.39, 0.29) is 11.9 Å². The molecule has 2 N–H and O–H groups in total. The average molecular weight is 332 g/mol. The number of carbonyl (C=O) groups excluding carboxylic acids is 2. The van der Waals surface area contributed by atoms with Crippen LogP contribution in [0.3, 0.4) is 0 Å². The van der Waals surface area contributed by atoms with Gasteiger partial charge in [-0.3, -0.25) is 4.79 Å². The minimum atomic E-state index is -0.741. The molecule has 3 rings (SSSR count). The molecule has 1 aliphatic heterocycles. The summed E-state index contributed by atoms with van der Waals surface area (Å²) in [5.41, 5.74) is 0.937. The first-order valence-corrected chi connectivity index (χ1v) is 8.27. The number of urea groups is 1. The third kappa shape index (κ3) is 3.58. The Morgan fingerprint density at radius 1 is 1.17 bits per heavy atom. The number of rotatable bonds is 3. The van der Waals surface area contributed by atoms with Crippen molar-refractivity contribution in [1.82, 2.24) is 10.6 Å². The Labute approximate surface area is 140 Å². The third-order valence-corrected chi connectivity index (χ3v) is 4.59. The summed E-state index contributed by atoms with van der Waals surface area (Å²) in [5.74, 6) is -1.53. The van der Waals surface area contributed by atoms with Gasteiger partial charge in [0.05, 0.1) is 6.04 Å². The summed E-state index contributed by atoms with van der Waals surface area (Å²) in [6.45, 7) is 3.81. The summed E-state index contributed by atoms with van der Waals surface area (Å²) in [5, 5.41) is 5.26. The lowest BCUT2D eigenvalue weighted by Gasteiger charge is -2.34. The fourth-order valence-corrected chi connectivity index (χ4v) is 3.33. The summed E-state index contributed by atoms with van der Waals surface area (Å²) in [6, 6.07) is 4.66. The van der Waals surface area contributed by atoms with E-state index >= 15 is 0 Å². The Kier molecular flexibility index (Phi) is 4.83. The Bertz CT molecular complexity index is 638. The molecule has 2 unspecified atom stereocenters. The van der Waals surface area contributed by atoms with Crippen molar-refractivity contribution < 1.29 is 18.7 Å². The Balaban J connectivity index is 1.80. The van der Waals surface area contributed by atoms with Gasteiger partial charge >= 0.3 is 12.0 Å². The van der Waals surface area contributed by atoms with Gasteiger partial charge in [0.25, 0.3) is 0 Å². The van der Waals surface area contributed by atoms with Gasteiger partial charge in [0.2, 0.25) is 0 Å². The largest absolute Gasteiger partial charge is 0.462 e. The van der Waals surface area contributed by atoms with Gasteiger partial charge in [-0.05, 0) is 43.4 Å². The van der Waals surface area contributed by atoms with E-state index in [1.165, 1.54) is 18.6 Å². The van der Waals surface area contributed by atoms with Crippen LogP contribution >= 0.6 is 0 Å². The molecule has 0 radical (unpaired) electrons. The van der Waals surface area contributed by atoms with Gasteiger partial charge in [0.1, 0.15) is 17.8 Å². The van der Waals surface area contributed by atoms with E-state index in [1.807, 2.05) is 0 Å². The minimum absolute atomic E-state index is 0.0782. The second-order valence-corrected chi connectivity index (χ2v) is 6.33.